The number of hydrogen-bond donors (Lipinski definition) is 1. The summed E-state index contributed by atoms with van der Waals surface area (Å²) in [4.78, 5) is 8.94. The van der Waals surface area contributed by atoms with E-state index in [-0.39, 0.29) is 0 Å². The summed E-state index contributed by atoms with van der Waals surface area (Å²) in [5.41, 5.74) is 0. The molecular formula is C14H20ClN3. The van der Waals surface area contributed by atoms with Crippen LogP contribution in [0.5, 0.6) is 0 Å². The zero-order valence-electron chi connectivity index (χ0n) is 10.7. The summed E-state index contributed by atoms with van der Waals surface area (Å²) >= 11 is 6.08. The van der Waals surface area contributed by atoms with E-state index >= 15 is 0 Å². The molecule has 1 N–H and O–H groups in total. The lowest BCUT2D eigenvalue weighted by Gasteiger charge is -2.17. The predicted octanol–water partition coefficient (Wildman–Crippen LogP) is 4.14. The van der Waals surface area contributed by atoms with Gasteiger partial charge in [-0.1, -0.05) is 37.3 Å². The smallest absolute Gasteiger partial charge is 0.135 e. The van der Waals surface area contributed by atoms with E-state index in [4.69, 9.17) is 11.6 Å². The maximum Gasteiger partial charge on any atom is 0.135 e. The van der Waals surface area contributed by atoms with Crippen LogP contribution in [0.4, 0.5) is 5.82 Å². The molecule has 0 atom stereocenters. The maximum atomic E-state index is 6.08. The van der Waals surface area contributed by atoms with E-state index in [1.165, 1.54) is 51.4 Å². The Labute approximate surface area is 113 Å². The van der Waals surface area contributed by atoms with Crippen LogP contribution in [0.15, 0.2) is 6.07 Å². The molecule has 1 heterocycles. The highest BCUT2D eigenvalue weighted by atomic mass is 35.5. The number of rotatable bonds is 3. The van der Waals surface area contributed by atoms with Gasteiger partial charge in [0, 0.05) is 18.0 Å². The fourth-order valence-corrected chi connectivity index (χ4v) is 2.86. The third kappa shape index (κ3) is 3.14. The van der Waals surface area contributed by atoms with Gasteiger partial charge in [-0.05, 0) is 25.7 Å². The summed E-state index contributed by atoms with van der Waals surface area (Å²) in [5.74, 6) is 2.40. The van der Waals surface area contributed by atoms with Crippen LogP contribution in [-0.4, -0.2) is 16.0 Å². The van der Waals surface area contributed by atoms with Gasteiger partial charge in [0.25, 0.3) is 0 Å². The van der Waals surface area contributed by atoms with Crippen molar-refractivity contribution in [1.29, 1.82) is 0 Å². The molecular weight excluding hydrogens is 246 g/mol. The predicted molar refractivity (Wildman–Crippen MR) is 74.1 cm³/mol. The summed E-state index contributed by atoms with van der Waals surface area (Å²) in [6.07, 6.45) is 10.3. The Balaban J connectivity index is 1.70. The molecule has 3 rings (SSSR count). The minimum Gasteiger partial charge on any atom is -0.367 e. The van der Waals surface area contributed by atoms with Gasteiger partial charge in [-0.15, -0.1) is 0 Å². The Bertz CT molecular complexity index is 410. The van der Waals surface area contributed by atoms with Crippen molar-refractivity contribution in [3.05, 3.63) is 17.0 Å². The van der Waals surface area contributed by atoms with Crippen LogP contribution in [0.3, 0.4) is 0 Å². The molecule has 1 aromatic rings. The van der Waals surface area contributed by atoms with Gasteiger partial charge in [0.1, 0.15) is 16.8 Å². The quantitative estimate of drug-likeness (QED) is 0.659. The highest BCUT2D eigenvalue weighted by Crippen LogP contribution is 2.38. The maximum absolute atomic E-state index is 6.08. The lowest BCUT2D eigenvalue weighted by Crippen LogP contribution is -2.19. The molecule has 0 saturated heterocycles. The monoisotopic (exact) mass is 265 g/mol. The minimum atomic E-state index is 0.554. The fourth-order valence-electron chi connectivity index (χ4n) is 2.67. The molecule has 1 aromatic heterocycles. The van der Waals surface area contributed by atoms with Gasteiger partial charge in [-0.2, -0.15) is 0 Å². The normalized spacial score (nSPS) is 21.6. The average Bonchev–Trinajstić information content (AvgIpc) is 3.16. The van der Waals surface area contributed by atoms with Crippen molar-refractivity contribution in [2.75, 3.05) is 5.32 Å². The van der Waals surface area contributed by atoms with Crippen LogP contribution < -0.4 is 5.32 Å². The Hall–Kier alpha value is -0.830. The van der Waals surface area contributed by atoms with Crippen molar-refractivity contribution < 1.29 is 0 Å². The molecule has 0 amide bonds. The third-order valence-electron chi connectivity index (χ3n) is 3.86. The number of anilines is 1. The standard InChI is InChI=1S/C14H20ClN3/c15-12-9-13(18-14(17-12)10-7-8-10)16-11-5-3-1-2-4-6-11/h9-11H,1-8H2,(H,16,17,18). The Morgan fingerprint density at radius 3 is 2.39 bits per heavy atom. The summed E-state index contributed by atoms with van der Waals surface area (Å²) in [6, 6.07) is 2.42. The Morgan fingerprint density at radius 2 is 1.72 bits per heavy atom. The van der Waals surface area contributed by atoms with Gasteiger partial charge < -0.3 is 5.32 Å². The van der Waals surface area contributed by atoms with E-state index in [1.54, 1.807) is 0 Å². The Kier molecular flexibility index (Phi) is 3.69. The third-order valence-corrected chi connectivity index (χ3v) is 4.06. The van der Waals surface area contributed by atoms with Gasteiger partial charge in [0.15, 0.2) is 0 Å². The first kappa shape index (κ1) is 12.2. The zero-order valence-corrected chi connectivity index (χ0v) is 11.4. The molecule has 0 aromatic carbocycles. The minimum absolute atomic E-state index is 0.554. The molecule has 0 radical (unpaired) electrons. The van der Waals surface area contributed by atoms with E-state index in [2.05, 4.69) is 15.3 Å². The molecule has 18 heavy (non-hydrogen) atoms. The molecule has 2 aliphatic rings. The van der Waals surface area contributed by atoms with Crippen LogP contribution in [0.2, 0.25) is 5.15 Å². The van der Waals surface area contributed by atoms with E-state index < -0.39 is 0 Å². The molecule has 3 nitrogen and oxygen atoms in total. The first-order valence-corrected chi connectivity index (χ1v) is 7.50. The summed E-state index contributed by atoms with van der Waals surface area (Å²) < 4.78 is 0. The van der Waals surface area contributed by atoms with Crippen LogP contribution in [0.25, 0.3) is 0 Å². The molecule has 0 aliphatic heterocycles. The number of nitrogens with one attached hydrogen (secondary N) is 1. The number of halogens is 1. The topological polar surface area (TPSA) is 37.8 Å². The van der Waals surface area contributed by atoms with Gasteiger partial charge in [0.2, 0.25) is 0 Å². The second-order valence-corrected chi connectivity index (χ2v) is 5.93. The zero-order chi connectivity index (χ0) is 12.4. The second-order valence-electron chi connectivity index (χ2n) is 5.54. The van der Waals surface area contributed by atoms with Gasteiger partial charge in [0.05, 0.1) is 0 Å². The highest BCUT2D eigenvalue weighted by Gasteiger charge is 2.27. The lowest BCUT2D eigenvalue weighted by atomic mass is 10.1. The SMILES string of the molecule is Clc1cc(NC2CCCCCC2)nc(C2CC2)n1. The van der Waals surface area contributed by atoms with Crippen molar-refractivity contribution >= 4 is 17.4 Å². The number of hydrogen-bond acceptors (Lipinski definition) is 3. The number of aromatic nitrogens is 2. The number of nitrogens with zero attached hydrogens (tertiary/aromatic N) is 2. The van der Waals surface area contributed by atoms with Gasteiger partial charge >= 0.3 is 0 Å². The largest absolute Gasteiger partial charge is 0.367 e. The molecule has 98 valence electrons. The first-order valence-electron chi connectivity index (χ1n) is 7.12. The molecule has 2 fully saturated rings. The second kappa shape index (κ2) is 5.43. The van der Waals surface area contributed by atoms with Crippen molar-refractivity contribution in [2.24, 2.45) is 0 Å². The molecule has 2 aliphatic carbocycles. The van der Waals surface area contributed by atoms with Crippen molar-refractivity contribution in [3.63, 3.8) is 0 Å². The van der Waals surface area contributed by atoms with E-state index in [1.807, 2.05) is 6.07 Å². The fraction of sp³-hybridized carbons (Fsp3) is 0.714. The summed E-state index contributed by atoms with van der Waals surface area (Å²) in [5, 5.41) is 4.12. The lowest BCUT2D eigenvalue weighted by molar-refractivity contribution is 0.617. The van der Waals surface area contributed by atoms with Gasteiger partial charge in [-0.3, -0.25) is 0 Å². The van der Waals surface area contributed by atoms with Crippen molar-refractivity contribution in [3.8, 4) is 0 Å². The van der Waals surface area contributed by atoms with E-state index in [9.17, 15) is 0 Å². The van der Waals surface area contributed by atoms with E-state index in [0.717, 1.165) is 11.6 Å². The molecule has 0 bridgehead atoms. The Morgan fingerprint density at radius 1 is 1.00 bits per heavy atom. The van der Waals surface area contributed by atoms with Crippen LogP contribution in [0.1, 0.15) is 63.1 Å². The van der Waals surface area contributed by atoms with Crippen LogP contribution >= 0.6 is 11.6 Å². The van der Waals surface area contributed by atoms with E-state index in [0.29, 0.717) is 17.1 Å². The molecule has 2 saturated carbocycles. The summed E-state index contributed by atoms with van der Waals surface area (Å²) in [7, 11) is 0. The highest BCUT2D eigenvalue weighted by molar-refractivity contribution is 6.29. The van der Waals surface area contributed by atoms with Gasteiger partial charge in [-0.25, -0.2) is 9.97 Å². The summed E-state index contributed by atoms with van der Waals surface area (Å²) in [6.45, 7) is 0. The molecule has 0 spiro atoms. The first-order chi connectivity index (χ1) is 8.81. The van der Waals surface area contributed by atoms with Crippen molar-refractivity contribution in [2.45, 2.75) is 63.3 Å². The average molecular weight is 266 g/mol. The molecule has 4 heteroatoms. The molecule has 0 unspecified atom stereocenters. The van der Waals surface area contributed by atoms with Crippen LogP contribution in [0, 0.1) is 0 Å². The van der Waals surface area contributed by atoms with Crippen LogP contribution in [-0.2, 0) is 0 Å². The van der Waals surface area contributed by atoms with Crippen molar-refractivity contribution in [1.82, 2.24) is 9.97 Å².